The first-order chi connectivity index (χ1) is 7.99. The third-order valence-electron chi connectivity index (χ3n) is 2.68. The molecular weight excluding hydrogens is 224 g/mol. The van der Waals surface area contributed by atoms with Crippen molar-refractivity contribution in [1.82, 2.24) is 5.43 Å². The van der Waals surface area contributed by atoms with Crippen LogP contribution in [0.5, 0.6) is 11.5 Å². The Kier molecular flexibility index (Phi) is 3.93. The Morgan fingerprint density at radius 3 is 2.35 bits per heavy atom. The lowest BCUT2D eigenvalue weighted by atomic mass is 9.92. The zero-order chi connectivity index (χ0) is 13.1. The monoisotopic (exact) mass is 240 g/mol. The molecular formula is C11H16N2O4. The van der Waals surface area contributed by atoms with Crippen LogP contribution in [0.3, 0.4) is 0 Å². The summed E-state index contributed by atoms with van der Waals surface area (Å²) >= 11 is 0. The minimum atomic E-state index is -1.38. The summed E-state index contributed by atoms with van der Waals surface area (Å²) in [5.41, 5.74) is 1.39. The fourth-order valence-corrected chi connectivity index (χ4v) is 1.42. The van der Waals surface area contributed by atoms with Crippen molar-refractivity contribution in [3.05, 3.63) is 23.8 Å². The summed E-state index contributed by atoms with van der Waals surface area (Å²) in [5.74, 6) is 5.20. The fourth-order valence-electron chi connectivity index (χ4n) is 1.42. The zero-order valence-electron chi connectivity index (χ0n) is 9.98. The molecule has 94 valence electrons. The molecule has 0 aliphatic carbocycles. The van der Waals surface area contributed by atoms with Crippen LogP contribution >= 0.6 is 0 Å². The number of benzene rings is 1. The molecule has 1 atom stereocenters. The largest absolute Gasteiger partial charge is 0.493 e. The Morgan fingerprint density at radius 2 is 1.94 bits per heavy atom. The van der Waals surface area contributed by atoms with Gasteiger partial charge in [-0.25, -0.2) is 10.2 Å². The normalized spacial score (nSPS) is 13.9. The molecule has 17 heavy (non-hydrogen) atoms. The maximum Gasteiger partial charge on any atom is 0.329 e. The van der Waals surface area contributed by atoms with E-state index >= 15 is 0 Å². The molecule has 6 heteroatoms. The van der Waals surface area contributed by atoms with Gasteiger partial charge in [-0.1, -0.05) is 6.07 Å². The van der Waals surface area contributed by atoms with Gasteiger partial charge in [0.25, 0.3) is 0 Å². The molecule has 4 N–H and O–H groups in total. The SMILES string of the molecule is COc1ccc(C(C)(NN)C(=O)O)cc1OC. The summed E-state index contributed by atoms with van der Waals surface area (Å²) in [5, 5.41) is 9.16. The molecule has 1 aromatic rings. The van der Waals surface area contributed by atoms with Gasteiger partial charge in [0.15, 0.2) is 17.0 Å². The van der Waals surface area contributed by atoms with Crippen LogP contribution in [0.15, 0.2) is 18.2 Å². The van der Waals surface area contributed by atoms with Gasteiger partial charge in [0.1, 0.15) is 0 Å². The Morgan fingerprint density at radius 1 is 1.35 bits per heavy atom. The molecule has 0 radical (unpaired) electrons. The van der Waals surface area contributed by atoms with Crippen molar-refractivity contribution < 1.29 is 19.4 Å². The van der Waals surface area contributed by atoms with E-state index in [-0.39, 0.29) is 0 Å². The second kappa shape index (κ2) is 5.03. The summed E-state index contributed by atoms with van der Waals surface area (Å²) in [4.78, 5) is 11.2. The average molecular weight is 240 g/mol. The fraction of sp³-hybridized carbons (Fsp3) is 0.364. The van der Waals surface area contributed by atoms with Crippen molar-refractivity contribution in [3.8, 4) is 11.5 Å². The highest BCUT2D eigenvalue weighted by Gasteiger charge is 2.34. The minimum Gasteiger partial charge on any atom is -0.493 e. The number of methoxy groups -OCH3 is 2. The number of hydrogen-bond acceptors (Lipinski definition) is 5. The highest BCUT2D eigenvalue weighted by Crippen LogP contribution is 2.31. The van der Waals surface area contributed by atoms with E-state index in [9.17, 15) is 4.79 Å². The quantitative estimate of drug-likeness (QED) is 0.511. The molecule has 6 nitrogen and oxygen atoms in total. The number of carbonyl (C=O) groups is 1. The lowest BCUT2D eigenvalue weighted by Crippen LogP contribution is -2.50. The van der Waals surface area contributed by atoms with Crippen LogP contribution in [0.1, 0.15) is 12.5 Å². The predicted molar refractivity (Wildman–Crippen MR) is 61.9 cm³/mol. The summed E-state index contributed by atoms with van der Waals surface area (Å²) in [6, 6.07) is 4.83. The zero-order valence-corrected chi connectivity index (χ0v) is 9.98. The molecule has 0 saturated carbocycles. The van der Waals surface area contributed by atoms with Crippen LogP contribution < -0.4 is 20.7 Å². The smallest absolute Gasteiger partial charge is 0.329 e. The molecule has 1 rings (SSSR count). The Bertz CT molecular complexity index is 422. The van der Waals surface area contributed by atoms with Crippen molar-refractivity contribution in [2.45, 2.75) is 12.5 Å². The van der Waals surface area contributed by atoms with Crippen molar-refractivity contribution in [3.63, 3.8) is 0 Å². The van der Waals surface area contributed by atoms with Crippen molar-refractivity contribution in [1.29, 1.82) is 0 Å². The summed E-state index contributed by atoms with van der Waals surface area (Å²) in [7, 11) is 2.99. The van der Waals surface area contributed by atoms with Crippen LogP contribution in [0.2, 0.25) is 0 Å². The van der Waals surface area contributed by atoms with Crippen molar-refractivity contribution in [2.24, 2.45) is 5.84 Å². The minimum absolute atomic E-state index is 0.452. The van der Waals surface area contributed by atoms with E-state index in [1.54, 1.807) is 18.2 Å². The molecule has 0 aliphatic heterocycles. The Hall–Kier alpha value is -1.79. The summed E-state index contributed by atoms with van der Waals surface area (Å²) in [6.45, 7) is 1.47. The molecule has 1 unspecified atom stereocenters. The molecule has 0 saturated heterocycles. The van der Waals surface area contributed by atoms with E-state index in [1.165, 1.54) is 21.1 Å². The highest BCUT2D eigenvalue weighted by molar-refractivity contribution is 5.80. The first kappa shape index (κ1) is 13.3. The van der Waals surface area contributed by atoms with Gasteiger partial charge < -0.3 is 14.6 Å². The van der Waals surface area contributed by atoms with E-state index in [1.807, 2.05) is 0 Å². The van der Waals surface area contributed by atoms with Gasteiger partial charge in [0.05, 0.1) is 14.2 Å². The number of rotatable bonds is 5. The molecule has 0 fully saturated rings. The van der Waals surface area contributed by atoms with E-state index in [4.69, 9.17) is 20.4 Å². The topological polar surface area (TPSA) is 93.8 Å². The number of hydrazine groups is 1. The van der Waals surface area contributed by atoms with Crippen LogP contribution in [0.25, 0.3) is 0 Å². The van der Waals surface area contributed by atoms with E-state index < -0.39 is 11.5 Å². The third-order valence-corrected chi connectivity index (χ3v) is 2.68. The van der Waals surface area contributed by atoms with Gasteiger partial charge in [0.2, 0.25) is 0 Å². The number of ether oxygens (including phenoxy) is 2. The summed E-state index contributed by atoms with van der Waals surface area (Å²) < 4.78 is 10.2. The van der Waals surface area contributed by atoms with Gasteiger partial charge in [-0.05, 0) is 24.6 Å². The van der Waals surface area contributed by atoms with E-state index in [0.29, 0.717) is 17.1 Å². The Balaban J connectivity index is 3.27. The number of carboxylic acids is 1. The van der Waals surface area contributed by atoms with Gasteiger partial charge in [-0.3, -0.25) is 5.84 Å². The number of hydrogen-bond donors (Lipinski definition) is 3. The summed E-state index contributed by atoms with van der Waals surface area (Å²) in [6.07, 6.45) is 0. The van der Waals surface area contributed by atoms with Crippen molar-refractivity contribution in [2.75, 3.05) is 14.2 Å². The highest BCUT2D eigenvalue weighted by atomic mass is 16.5. The maximum atomic E-state index is 11.2. The van der Waals surface area contributed by atoms with Gasteiger partial charge in [-0.15, -0.1) is 0 Å². The van der Waals surface area contributed by atoms with Crippen LogP contribution in [0, 0.1) is 0 Å². The number of carboxylic acid groups (broad SMARTS) is 1. The number of nitrogens with one attached hydrogen (secondary N) is 1. The molecule has 1 aromatic carbocycles. The average Bonchev–Trinajstić information content (AvgIpc) is 2.36. The molecule has 0 aromatic heterocycles. The van der Waals surface area contributed by atoms with Crippen molar-refractivity contribution >= 4 is 5.97 Å². The predicted octanol–water partition coefficient (Wildman–Crippen LogP) is 0.467. The third kappa shape index (κ3) is 2.32. The van der Waals surface area contributed by atoms with Crippen LogP contribution in [-0.2, 0) is 10.3 Å². The second-order valence-electron chi connectivity index (χ2n) is 3.64. The molecule has 0 bridgehead atoms. The lowest BCUT2D eigenvalue weighted by molar-refractivity contribution is -0.144. The second-order valence-corrected chi connectivity index (χ2v) is 3.64. The first-order valence-corrected chi connectivity index (χ1v) is 4.93. The van der Waals surface area contributed by atoms with Gasteiger partial charge >= 0.3 is 5.97 Å². The van der Waals surface area contributed by atoms with Crippen LogP contribution in [-0.4, -0.2) is 25.3 Å². The van der Waals surface area contributed by atoms with E-state index in [2.05, 4.69) is 5.43 Å². The number of aliphatic carboxylic acids is 1. The molecule has 0 heterocycles. The number of nitrogens with two attached hydrogens (primary N) is 1. The molecule has 0 amide bonds. The standard InChI is InChI=1S/C11H16N2O4/c1-11(13-12,10(14)15)7-4-5-8(16-2)9(6-7)17-3/h4-6,13H,12H2,1-3H3,(H,14,15). The molecule has 0 aliphatic rings. The van der Waals surface area contributed by atoms with Crippen LogP contribution in [0.4, 0.5) is 0 Å². The van der Waals surface area contributed by atoms with Gasteiger partial charge in [0, 0.05) is 0 Å². The molecule has 0 spiro atoms. The van der Waals surface area contributed by atoms with E-state index in [0.717, 1.165) is 0 Å². The first-order valence-electron chi connectivity index (χ1n) is 4.93. The Labute approximate surface area is 99.3 Å². The van der Waals surface area contributed by atoms with Gasteiger partial charge in [-0.2, -0.15) is 0 Å². The maximum absolute atomic E-state index is 11.2. The lowest BCUT2D eigenvalue weighted by Gasteiger charge is -2.25.